The van der Waals surface area contributed by atoms with Gasteiger partial charge in [0.1, 0.15) is 11.5 Å². The second-order valence-electron chi connectivity index (χ2n) is 3.00. The molecule has 0 amide bonds. The fourth-order valence-corrected chi connectivity index (χ4v) is 1.42. The van der Waals surface area contributed by atoms with E-state index in [2.05, 4.69) is 25.7 Å². The molecule has 0 bridgehead atoms. The predicted molar refractivity (Wildman–Crippen MR) is 57.7 cm³/mol. The number of pyridine rings is 1. The molecule has 5 heteroatoms. The monoisotopic (exact) mass is 271 g/mol. The maximum Gasteiger partial charge on any atom is 0.356 e. The average molecular weight is 272 g/mol. The lowest BCUT2D eigenvalue weighted by Gasteiger charge is -2.03. The number of halogens is 1. The van der Waals surface area contributed by atoms with E-state index in [1.807, 2.05) is 0 Å². The van der Waals surface area contributed by atoms with E-state index in [4.69, 9.17) is 0 Å². The summed E-state index contributed by atoms with van der Waals surface area (Å²) in [6.45, 7) is 1.47. The molecule has 0 spiro atoms. The van der Waals surface area contributed by atoms with Gasteiger partial charge in [-0.15, -0.1) is 0 Å². The molecular weight excluding hydrogens is 262 g/mol. The summed E-state index contributed by atoms with van der Waals surface area (Å²) in [5.41, 5.74) is 0.752. The summed E-state index contributed by atoms with van der Waals surface area (Å²) in [5, 5.41) is 0. The minimum atomic E-state index is -0.507. The Bertz CT molecular complexity index is 404. The van der Waals surface area contributed by atoms with Gasteiger partial charge in [-0.3, -0.25) is 4.79 Å². The van der Waals surface area contributed by atoms with E-state index in [0.29, 0.717) is 10.2 Å². The molecule has 4 nitrogen and oxygen atoms in total. The number of carbonyl (C=O) groups excluding carboxylic acids is 2. The quantitative estimate of drug-likeness (QED) is 0.787. The molecule has 0 radical (unpaired) electrons. The van der Waals surface area contributed by atoms with Crippen molar-refractivity contribution in [3.8, 4) is 0 Å². The number of hydrogen-bond acceptors (Lipinski definition) is 4. The van der Waals surface area contributed by atoms with Crippen LogP contribution in [-0.4, -0.2) is 23.8 Å². The van der Waals surface area contributed by atoms with Crippen molar-refractivity contribution >= 4 is 27.7 Å². The van der Waals surface area contributed by atoms with Crippen LogP contribution in [0.2, 0.25) is 0 Å². The van der Waals surface area contributed by atoms with Gasteiger partial charge in [-0.1, -0.05) is 0 Å². The minimum Gasteiger partial charge on any atom is -0.464 e. The van der Waals surface area contributed by atoms with Crippen LogP contribution in [0.15, 0.2) is 16.6 Å². The molecule has 0 N–H and O–H groups in total. The zero-order valence-corrected chi connectivity index (χ0v) is 10.00. The Kier molecular flexibility index (Phi) is 3.96. The molecule has 0 fully saturated rings. The van der Waals surface area contributed by atoms with Crippen molar-refractivity contribution in [2.24, 2.45) is 0 Å². The second-order valence-corrected chi connectivity index (χ2v) is 3.85. The Morgan fingerprint density at radius 1 is 1.47 bits per heavy atom. The molecule has 1 aromatic heterocycles. The van der Waals surface area contributed by atoms with Gasteiger partial charge in [-0.2, -0.15) is 0 Å². The molecule has 0 aliphatic rings. The summed E-state index contributed by atoms with van der Waals surface area (Å²) in [4.78, 5) is 26.2. The fourth-order valence-electron chi connectivity index (χ4n) is 1.06. The van der Waals surface area contributed by atoms with Crippen LogP contribution in [0.1, 0.15) is 23.1 Å². The first-order chi connectivity index (χ1) is 7.04. The third-order valence-electron chi connectivity index (χ3n) is 1.73. The summed E-state index contributed by atoms with van der Waals surface area (Å²) in [6, 6.07) is 3.22. The van der Waals surface area contributed by atoms with Gasteiger partial charge >= 0.3 is 5.97 Å². The van der Waals surface area contributed by atoms with Crippen LogP contribution in [-0.2, 0) is 16.0 Å². The smallest absolute Gasteiger partial charge is 0.356 e. The zero-order valence-electron chi connectivity index (χ0n) is 8.41. The number of rotatable bonds is 3. The third kappa shape index (κ3) is 3.13. The fraction of sp³-hybridized carbons (Fsp3) is 0.300. The number of Topliss-reactive ketones (excluding diaryl/α,β-unsaturated/α-hetero) is 1. The summed E-state index contributed by atoms with van der Waals surface area (Å²) >= 11 is 3.26. The van der Waals surface area contributed by atoms with Crippen LogP contribution >= 0.6 is 15.9 Å². The summed E-state index contributed by atoms with van der Waals surface area (Å²) < 4.78 is 5.25. The third-order valence-corrected chi connectivity index (χ3v) is 2.45. The Morgan fingerprint density at radius 2 is 2.13 bits per heavy atom. The largest absolute Gasteiger partial charge is 0.464 e. The number of methoxy groups -OCH3 is 1. The van der Waals surface area contributed by atoms with Crippen LogP contribution in [0.5, 0.6) is 0 Å². The standard InChI is InChI=1S/C10H10BrNO3/c1-6(13)5-9-7(11)3-4-8(12-9)10(14)15-2/h3-4H,5H2,1-2H3. The van der Waals surface area contributed by atoms with Crippen LogP contribution in [0.3, 0.4) is 0 Å². The molecule has 1 aromatic rings. The lowest BCUT2D eigenvalue weighted by molar-refractivity contribution is -0.116. The Balaban J connectivity index is 3.05. The normalized spacial score (nSPS) is 9.80. The zero-order chi connectivity index (χ0) is 11.4. The molecule has 0 unspecified atom stereocenters. The molecule has 0 aliphatic carbocycles. The molecule has 0 aromatic carbocycles. The summed E-state index contributed by atoms with van der Waals surface area (Å²) in [6.07, 6.45) is 0.200. The van der Waals surface area contributed by atoms with Gasteiger partial charge in [0.25, 0.3) is 0 Å². The summed E-state index contributed by atoms with van der Waals surface area (Å²) in [7, 11) is 1.29. The molecule has 1 heterocycles. The lowest BCUT2D eigenvalue weighted by Crippen LogP contribution is -2.08. The maximum absolute atomic E-state index is 11.2. The number of ketones is 1. The predicted octanol–water partition coefficient (Wildman–Crippen LogP) is 1.76. The van der Waals surface area contributed by atoms with E-state index in [1.54, 1.807) is 12.1 Å². The molecule has 1 rings (SSSR count). The van der Waals surface area contributed by atoms with E-state index in [1.165, 1.54) is 14.0 Å². The van der Waals surface area contributed by atoms with Crippen molar-refractivity contribution < 1.29 is 14.3 Å². The van der Waals surface area contributed by atoms with E-state index in [-0.39, 0.29) is 17.9 Å². The lowest BCUT2D eigenvalue weighted by atomic mass is 10.2. The molecule has 15 heavy (non-hydrogen) atoms. The first-order valence-corrected chi connectivity index (χ1v) is 5.07. The van der Waals surface area contributed by atoms with Gasteiger partial charge in [0.2, 0.25) is 0 Å². The SMILES string of the molecule is COC(=O)c1ccc(Br)c(CC(C)=O)n1. The van der Waals surface area contributed by atoms with E-state index in [9.17, 15) is 9.59 Å². The molecule has 0 saturated carbocycles. The Hall–Kier alpha value is -1.23. The van der Waals surface area contributed by atoms with Crippen molar-refractivity contribution in [3.63, 3.8) is 0 Å². The Labute approximate surface area is 95.8 Å². The average Bonchev–Trinajstić information content (AvgIpc) is 2.19. The molecular formula is C10H10BrNO3. The highest BCUT2D eigenvalue weighted by molar-refractivity contribution is 9.10. The number of hydrogen-bond donors (Lipinski definition) is 0. The van der Waals surface area contributed by atoms with E-state index >= 15 is 0 Å². The molecule has 0 atom stereocenters. The first-order valence-electron chi connectivity index (χ1n) is 4.27. The van der Waals surface area contributed by atoms with Crippen LogP contribution in [0, 0.1) is 0 Å². The van der Waals surface area contributed by atoms with E-state index in [0.717, 1.165) is 0 Å². The number of aromatic nitrogens is 1. The minimum absolute atomic E-state index is 0.00906. The van der Waals surface area contributed by atoms with Gasteiger partial charge in [0.05, 0.1) is 12.8 Å². The molecule has 0 saturated heterocycles. The highest BCUT2D eigenvalue weighted by Crippen LogP contribution is 2.16. The van der Waals surface area contributed by atoms with Crippen molar-refractivity contribution in [2.75, 3.05) is 7.11 Å². The second kappa shape index (κ2) is 5.02. The van der Waals surface area contributed by atoms with Crippen molar-refractivity contribution in [1.82, 2.24) is 4.98 Å². The van der Waals surface area contributed by atoms with Crippen LogP contribution < -0.4 is 0 Å². The highest BCUT2D eigenvalue weighted by Gasteiger charge is 2.11. The van der Waals surface area contributed by atoms with E-state index < -0.39 is 5.97 Å². The first kappa shape index (κ1) is 11.8. The van der Waals surface area contributed by atoms with Crippen molar-refractivity contribution in [2.45, 2.75) is 13.3 Å². The number of carbonyl (C=O) groups is 2. The topological polar surface area (TPSA) is 56.3 Å². The van der Waals surface area contributed by atoms with Gasteiger partial charge in [0.15, 0.2) is 0 Å². The maximum atomic E-state index is 11.2. The number of ether oxygens (including phenoxy) is 1. The van der Waals surface area contributed by atoms with Gasteiger partial charge < -0.3 is 4.74 Å². The van der Waals surface area contributed by atoms with Crippen LogP contribution in [0.25, 0.3) is 0 Å². The summed E-state index contributed by atoms with van der Waals surface area (Å²) in [5.74, 6) is -0.516. The molecule has 80 valence electrons. The van der Waals surface area contributed by atoms with Crippen molar-refractivity contribution in [1.29, 1.82) is 0 Å². The molecule has 0 aliphatic heterocycles. The van der Waals surface area contributed by atoms with Crippen LogP contribution in [0.4, 0.5) is 0 Å². The van der Waals surface area contributed by atoms with Crippen molar-refractivity contribution in [3.05, 3.63) is 28.0 Å². The number of esters is 1. The highest BCUT2D eigenvalue weighted by atomic mass is 79.9. The van der Waals surface area contributed by atoms with Gasteiger partial charge in [-0.05, 0) is 35.0 Å². The van der Waals surface area contributed by atoms with Gasteiger partial charge in [-0.25, -0.2) is 9.78 Å². The van der Waals surface area contributed by atoms with Gasteiger partial charge in [0, 0.05) is 10.9 Å². The Morgan fingerprint density at radius 3 is 2.67 bits per heavy atom. The number of nitrogens with zero attached hydrogens (tertiary/aromatic N) is 1.